The van der Waals surface area contributed by atoms with Crippen LogP contribution in [-0.2, 0) is 7.05 Å². The number of rotatable bonds is 1. The van der Waals surface area contributed by atoms with Crippen molar-refractivity contribution in [3.05, 3.63) is 30.1 Å². The van der Waals surface area contributed by atoms with Gasteiger partial charge in [-0.25, -0.2) is 0 Å². The summed E-state index contributed by atoms with van der Waals surface area (Å²) >= 11 is 0. The lowest BCUT2D eigenvalue weighted by Gasteiger charge is -1.94. The second-order valence-electron chi connectivity index (χ2n) is 2.17. The molecule has 0 aliphatic rings. The predicted molar refractivity (Wildman–Crippen MR) is 51.6 cm³/mol. The maximum absolute atomic E-state index is 3.69. The van der Waals surface area contributed by atoms with Crippen LogP contribution in [0.15, 0.2) is 18.8 Å². The van der Waals surface area contributed by atoms with Crippen LogP contribution in [0.4, 0.5) is 0 Å². The summed E-state index contributed by atoms with van der Waals surface area (Å²) in [6.45, 7) is 9.77. The van der Waals surface area contributed by atoms with Crippen LogP contribution in [0.2, 0.25) is 0 Å². The molecule has 0 amide bonds. The van der Waals surface area contributed by atoms with E-state index in [1.807, 2.05) is 33.2 Å². The highest BCUT2D eigenvalue weighted by atomic mass is 14.9. The molecule has 1 aromatic rings. The van der Waals surface area contributed by atoms with Gasteiger partial charge in [0, 0.05) is 18.9 Å². The molecule has 1 aromatic heterocycles. The van der Waals surface area contributed by atoms with Crippen LogP contribution in [-0.4, -0.2) is 4.57 Å². The highest BCUT2D eigenvalue weighted by Gasteiger charge is 1.94. The van der Waals surface area contributed by atoms with Crippen LogP contribution in [0.25, 0.3) is 6.08 Å². The molecule has 1 heteroatoms. The van der Waals surface area contributed by atoms with Crippen molar-refractivity contribution in [3.63, 3.8) is 0 Å². The van der Waals surface area contributed by atoms with Gasteiger partial charge < -0.3 is 4.57 Å². The van der Waals surface area contributed by atoms with Crippen molar-refractivity contribution in [1.29, 1.82) is 0 Å². The summed E-state index contributed by atoms with van der Waals surface area (Å²) < 4.78 is 2.08. The van der Waals surface area contributed by atoms with E-state index >= 15 is 0 Å². The first-order valence-corrected chi connectivity index (χ1v) is 4.00. The fourth-order valence-electron chi connectivity index (χ4n) is 0.844. The standard InChI is InChI=1S/C8H11N.C2H6/c1-4-8-5-6-9(3)7(8)2;1-2/h4-6H,1H2,2-3H3;1-2H3. The minimum Gasteiger partial charge on any atom is -0.354 e. The maximum atomic E-state index is 3.69. The Morgan fingerprint density at radius 2 is 2.00 bits per heavy atom. The molecule has 0 aromatic carbocycles. The quantitative estimate of drug-likeness (QED) is 0.581. The topological polar surface area (TPSA) is 4.93 Å². The van der Waals surface area contributed by atoms with Gasteiger partial charge in [0.05, 0.1) is 0 Å². The summed E-state index contributed by atoms with van der Waals surface area (Å²) in [7, 11) is 2.03. The van der Waals surface area contributed by atoms with Crippen molar-refractivity contribution in [2.45, 2.75) is 20.8 Å². The van der Waals surface area contributed by atoms with Gasteiger partial charge in [0.2, 0.25) is 0 Å². The van der Waals surface area contributed by atoms with Gasteiger partial charge in [-0.2, -0.15) is 0 Å². The van der Waals surface area contributed by atoms with Crippen molar-refractivity contribution in [3.8, 4) is 0 Å². The summed E-state index contributed by atoms with van der Waals surface area (Å²) in [6, 6.07) is 2.06. The van der Waals surface area contributed by atoms with E-state index in [1.165, 1.54) is 11.3 Å². The molecule has 0 saturated heterocycles. The molecule has 0 radical (unpaired) electrons. The van der Waals surface area contributed by atoms with E-state index in [0.717, 1.165) is 0 Å². The van der Waals surface area contributed by atoms with Gasteiger partial charge in [-0.15, -0.1) is 0 Å². The van der Waals surface area contributed by atoms with E-state index in [2.05, 4.69) is 24.1 Å². The third kappa shape index (κ3) is 2.26. The maximum Gasteiger partial charge on any atom is 0.0213 e. The second kappa shape index (κ2) is 4.78. The van der Waals surface area contributed by atoms with E-state index in [4.69, 9.17) is 0 Å². The molecular formula is C10H17N. The molecule has 62 valence electrons. The number of nitrogens with zero attached hydrogens (tertiary/aromatic N) is 1. The average molecular weight is 151 g/mol. The van der Waals surface area contributed by atoms with Gasteiger partial charge in [0.25, 0.3) is 0 Å². The Balaban J connectivity index is 0.000000461. The number of aryl methyl sites for hydroxylation is 1. The third-order valence-electron chi connectivity index (χ3n) is 1.64. The van der Waals surface area contributed by atoms with Crippen molar-refractivity contribution < 1.29 is 0 Å². The van der Waals surface area contributed by atoms with Crippen molar-refractivity contribution in [1.82, 2.24) is 4.57 Å². The minimum absolute atomic E-state index is 1.22. The van der Waals surface area contributed by atoms with E-state index < -0.39 is 0 Å². The molecule has 0 saturated carbocycles. The van der Waals surface area contributed by atoms with Gasteiger partial charge in [-0.05, 0) is 18.6 Å². The molecule has 1 heterocycles. The highest BCUT2D eigenvalue weighted by Crippen LogP contribution is 2.08. The van der Waals surface area contributed by atoms with E-state index in [-0.39, 0.29) is 0 Å². The smallest absolute Gasteiger partial charge is 0.0213 e. The molecule has 0 aliphatic carbocycles. The summed E-state index contributed by atoms with van der Waals surface area (Å²) in [6.07, 6.45) is 3.90. The van der Waals surface area contributed by atoms with Crippen molar-refractivity contribution in [2.24, 2.45) is 7.05 Å². The largest absolute Gasteiger partial charge is 0.354 e. The zero-order valence-corrected chi connectivity index (χ0v) is 7.89. The van der Waals surface area contributed by atoms with Crippen LogP contribution in [0.5, 0.6) is 0 Å². The van der Waals surface area contributed by atoms with E-state index in [0.29, 0.717) is 0 Å². The normalized spacial score (nSPS) is 8.36. The summed E-state index contributed by atoms with van der Waals surface area (Å²) in [5, 5.41) is 0. The lowest BCUT2D eigenvalue weighted by atomic mass is 10.2. The number of hydrogen-bond acceptors (Lipinski definition) is 0. The SMILES string of the molecule is C=Cc1ccn(C)c1C.CC. The molecule has 0 bridgehead atoms. The fraction of sp³-hybridized carbons (Fsp3) is 0.400. The van der Waals surface area contributed by atoms with Crippen LogP contribution in [0, 0.1) is 6.92 Å². The van der Waals surface area contributed by atoms with Gasteiger partial charge in [0.15, 0.2) is 0 Å². The lowest BCUT2D eigenvalue weighted by molar-refractivity contribution is 0.881. The molecule has 11 heavy (non-hydrogen) atoms. The van der Waals surface area contributed by atoms with Crippen molar-refractivity contribution >= 4 is 6.08 Å². The fourth-order valence-corrected chi connectivity index (χ4v) is 0.844. The monoisotopic (exact) mass is 151 g/mol. The zero-order valence-electron chi connectivity index (χ0n) is 7.89. The molecule has 1 nitrogen and oxygen atoms in total. The summed E-state index contributed by atoms with van der Waals surface area (Å²) in [4.78, 5) is 0. The Hall–Kier alpha value is -0.980. The van der Waals surface area contributed by atoms with Crippen LogP contribution in [0.1, 0.15) is 25.1 Å². The zero-order chi connectivity index (χ0) is 8.85. The Kier molecular flexibility index (Phi) is 4.35. The molecule has 1 rings (SSSR count). The van der Waals surface area contributed by atoms with Crippen molar-refractivity contribution in [2.75, 3.05) is 0 Å². The van der Waals surface area contributed by atoms with Gasteiger partial charge in [-0.3, -0.25) is 0 Å². The van der Waals surface area contributed by atoms with Gasteiger partial charge in [0.1, 0.15) is 0 Å². The van der Waals surface area contributed by atoms with Gasteiger partial charge >= 0.3 is 0 Å². The Labute approximate surface area is 69.4 Å². The van der Waals surface area contributed by atoms with Crippen LogP contribution >= 0.6 is 0 Å². The number of hydrogen-bond donors (Lipinski definition) is 0. The first-order valence-electron chi connectivity index (χ1n) is 4.00. The molecule has 0 unspecified atom stereocenters. The predicted octanol–water partition coefficient (Wildman–Crippen LogP) is 3.00. The molecule has 0 aliphatic heterocycles. The molecule has 0 N–H and O–H groups in total. The Bertz CT molecular complexity index is 221. The minimum atomic E-state index is 1.22. The third-order valence-corrected chi connectivity index (χ3v) is 1.64. The van der Waals surface area contributed by atoms with E-state index in [1.54, 1.807) is 0 Å². The van der Waals surface area contributed by atoms with Crippen LogP contribution < -0.4 is 0 Å². The molecule has 0 spiro atoms. The first-order chi connectivity index (χ1) is 5.25. The van der Waals surface area contributed by atoms with Gasteiger partial charge in [-0.1, -0.05) is 26.5 Å². The number of aromatic nitrogens is 1. The first kappa shape index (κ1) is 10.0. The Morgan fingerprint density at radius 3 is 2.18 bits per heavy atom. The summed E-state index contributed by atoms with van der Waals surface area (Å²) in [5.41, 5.74) is 2.49. The molecule has 0 atom stereocenters. The highest BCUT2D eigenvalue weighted by molar-refractivity contribution is 5.49. The second-order valence-corrected chi connectivity index (χ2v) is 2.17. The van der Waals surface area contributed by atoms with E-state index in [9.17, 15) is 0 Å². The van der Waals surface area contributed by atoms with Crippen LogP contribution in [0.3, 0.4) is 0 Å². The lowest BCUT2D eigenvalue weighted by Crippen LogP contribution is -1.87. The summed E-state index contributed by atoms with van der Waals surface area (Å²) in [5.74, 6) is 0. The average Bonchev–Trinajstić information content (AvgIpc) is 2.37. The molecule has 0 fully saturated rings. The molecular weight excluding hydrogens is 134 g/mol. The Morgan fingerprint density at radius 1 is 1.45 bits per heavy atom.